The second-order valence-corrected chi connectivity index (χ2v) is 8.15. The van der Waals surface area contributed by atoms with Crippen LogP contribution in [0.25, 0.3) is 33.0 Å². The summed E-state index contributed by atoms with van der Waals surface area (Å²) in [5.41, 5.74) is 13.3. The minimum Gasteiger partial charge on any atom is -0.279 e. The van der Waals surface area contributed by atoms with Crippen LogP contribution >= 0.6 is 0 Å². The molecule has 0 aromatic heterocycles. The Morgan fingerprint density at radius 2 is 1.31 bits per heavy atom. The first-order valence-corrected chi connectivity index (χ1v) is 10.9. The zero-order valence-electron chi connectivity index (χ0n) is 17.6. The molecule has 5 aromatic carbocycles. The van der Waals surface area contributed by atoms with Crippen molar-refractivity contribution < 1.29 is 0 Å². The lowest BCUT2D eigenvalue weighted by atomic mass is 9.90. The average molecular weight is 411 g/mol. The molecule has 0 aliphatic heterocycles. The van der Waals surface area contributed by atoms with E-state index in [0.717, 1.165) is 17.7 Å². The van der Waals surface area contributed by atoms with Gasteiger partial charge in [-0.15, -0.1) is 0 Å². The molecule has 0 atom stereocenters. The summed E-state index contributed by atoms with van der Waals surface area (Å²) in [6.07, 6.45) is 2.93. The Kier molecular flexibility index (Phi) is 4.54. The number of nitrogens with zero attached hydrogens (tertiary/aromatic N) is 1. The van der Waals surface area contributed by atoms with Crippen LogP contribution in [-0.2, 0) is 6.42 Å². The van der Waals surface area contributed by atoms with Crippen LogP contribution in [0.4, 0.5) is 5.69 Å². The predicted molar refractivity (Wildman–Crippen MR) is 135 cm³/mol. The zero-order chi connectivity index (χ0) is 21.3. The van der Waals surface area contributed by atoms with Gasteiger partial charge in [-0.3, -0.25) is 5.43 Å². The van der Waals surface area contributed by atoms with E-state index in [4.69, 9.17) is 0 Å². The van der Waals surface area contributed by atoms with Gasteiger partial charge in [-0.05, 0) is 62.7 Å². The van der Waals surface area contributed by atoms with Crippen LogP contribution in [0.3, 0.4) is 0 Å². The van der Waals surface area contributed by atoms with Crippen molar-refractivity contribution in [1.29, 1.82) is 0 Å². The Hall–Kier alpha value is -4.17. The average Bonchev–Trinajstić information content (AvgIpc) is 3.24. The van der Waals surface area contributed by atoms with Crippen LogP contribution < -0.4 is 5.43 Å². The van der Waals surface area contributed by atoms with E-state index in [1.54, 1.807) is 0 Å². The maximum absolute atomic E-state index is 4.61. The van der Waals surface area contributed by atoms with Gasteiger partial charge in [0, 0.05) is 5.56 Å². The fourth-order valence-electron chi connectivity index (χ4n) is 4.76. The van der Waals surface area contributed by atoms with E-state index in [-0.39, 0.29) is 0 Å². The highest BCUT2D eigenvalue weighted by atomic mass is 15.3. The summed E-state index contributed by atoms with van der Waals surface area (Å²) in [5, 5.41) is 7.03. The summed E-state index contributed by atoms with van der Waals surface area (Å²) in [4.78, 5) is 0. The van der Waals surface area contributed by atoms with Crippen molar-refractivity contribution in [2.45, 2.75) is 6.42 Å². The summed E-state index contributed by atoms with van der Waals surface area (Å²) in [6.45, 7) is 0. The third kappa shape index (κ3) is 3.17. The summed E-state index contributed by atoms with van der Waals surface area (Å²) in [6, 6.07) is 38.4. The summed E-state index contributed by atoms with van der Waals surface area (Å²) in [7, 11) is 0. The van der Waals surface area contributed by atoms with E-state index in [1.165, 1.54) is 44.2 Å². The number of hydrogen-bond acceptors (Lipinski definition) is 2. The molecule has 0 saturated carbocycles. The number of hydrazone groups is 1. The smallest absolute Gasteiger partial charge is 0.0561 e. The predicted octanol–water partition coefficient (Wildman–Crippen LogP) is 7.52. The second kappa shape index (κ2) is 7.82. The Balaban J connectivity index is 1.50. The van der Waals surface area contributed by atoms with Gasteiger partial charge in [-0.25, -0.2) is 0 Å². The number of anilines is 1. The maximum Gasteiger partial charge on any atom is 0.0561 e. The molecule has 152 valence electrons. The number of rotatable bonds is 4. The number of nitrogens with one attached hydrogen (secondary N) is 1. The Bertz CT molecular complexity index is 1470. The van der Waals surface area contributed by atoms with Gasteiger partial charge in [-0.2, -0.15) is 5.10 Å². The quantitative estimate of drug-likeness (QED) is 0.236. The lowest BCUT2D eigenvalue weighted by Gasteiger charge is -2.14. The third-order valence-electron chi connectivity index (χ3n) is 6.27. The number of fused-ring (bicyclic) bond motifs is 4. The van der Waals surface area contributed by atoms with Gasteiger partial charge in [0.2, 0.25) is 0 Å². The van der Waals surface area contributed by atoms with E-state index in [0.29, 0.717) is 0 Å². The highest BCUT2D eigenvalue weighted by Gasteiger charge is 2.22. The molecule has 0 amide bonds. The molecule has 0 radical (unpaired) electrons. The molecule has 0 heterocycles. The van der Waals surface area contributed by atoms with E-state index in [2.05, 4.69) is 89.4 Å². The van der Waals surface area contributed by atoms with Crippen LogP contribution in [-0.4, -0.2) is 6.21 Å². The molecule has 1 aliphatic carbocycles. The highest BCUT2D eigenvalue weighted by Crippen LogP contribution is 2.42. The SMILES string of the molecule is C(=NNc1ccccc1)c1c(-c2cccc3c2Cc2ccccc2-3)ccc2ccccc12. The number of hydrogen-bond donors (Lipinski definition) is 1. The number of benzene rings is 5. The Morgan fingerprint density at radius 1 is 0.594 bits per heavy atom. The fraction of sp³-hybridized carbons (Fsp3) is 0.0333. The topological polar surface area (TPSA) is 24.4 Å². The van der Waals surface area contributed by atoms with Gasteiger partial charge in [0.1, 0.15) is 0 Å². The number of para-hydroxylation sites is 1. The normalized spacial score (nSPS) is 12.1. The fourth-order valence-corrected chi connectivity index (χ4v) is 4.76. The molecule has 5 aromatic rings. The van der Waals surface area contributed by atoms with Crippen molar-refractivity contribution in [2.24, 2.45) is 5.10 Å². The minimum absolute atomic E-state index is 0.966. The van der Waals surface area contributed by atoms with Crippen molar-refractivity contribution in [3.05, 3.63) is 126 Å². The molecule has 0 fully saturated rings. The van der Waals surface area contributed by atoms with Crippen molar-refractivity contribution in [2.75, 3.05) is 5.43 Å². The molecule has 0 bridgehead atoms. The lowest BCUT2D eigenvalue weighted by molar-refractivity contribution is 1.26. The molecule has 0 unspecified atom stereocenters. The largest absolute Gasteiger partial charge is 0.279 e. The Labute approximate surface area is 187 Å². The first-order valence-electron chi connectivity index (χ1n) is 10.9. The maximum atomic E-state index is 4.61. The van der Waals surface area contributed by atoms with Crippen molar-refractivity contribution >= 4 is 22.7 Å². The molecular weight excluding hydrogens is 388 g/mol. The Morgan fingerprint density at radius 3 is 2.22 bits per heavy atom. The van der Waals surface area contributed by atoms with E-state index >= 15 is 0 Å². The van der Waals surface area contributed by atoms with Crippen LogP contribution in [0.2, 0.25) is 0 Å². The van der Waals surface area contributed by atoms with Crippen LogP contribution in [0.15, 0.2) is 114 Å². The van der Waals surface area contributed by atoms with Gasteiger partial charge in [0.05, 0.1) is 11.9 Å². The molecular formula is C30H22N2. The third-order valence-corrected chi connectivity index (χ3v) is 6.27. The second-order valence-electron chi connectivity index (χ2n) is 8.15. The molecule has 32 heavy (non-hydrogen) atoms. The van der Waals surface area contributed by atoms with Gasteiger partial charge in [0.15, 0.2) is 0 Å². The molecule has 2 nitrogen and oxygen atoms in total. The van der Waals surface area contributed by atoms with Gasteiger partial charge in [0.25, 0.3) is 0 Å². The van der Waals surface area contributed by atoms with Crippen LogP contribution in [0.5, 0.6) is 0 Å². The summed E-state index contributed by atoms with van der Waals surface area (Å²) in [5.74, 6) is 0. The van der Waals surface area contributed by atoms with Gasteiger partial charge in [-0.1, -0.05) is 97.1 Å². The van der Waals surface area contributed by atoms with E-state index < -0.39 is 0 Å². The summed E-state index contributed by atoms with van der Waals surface area (Å²) < 4.78 is 0. The first kappa shape index (κ1) is 18.6. The first-order chi connectivity index (χ1) is 15.9. The molecule has 6 rings (SSSR count). The molecule has 0 saturated heterocycles. The van der Waals surface area contributed by atoms with Gasteiger partial charge >= 0.3 is 0 Å². The van der Waals surface area contributed by atoms with E-state index in [9.17, 15) is 0 Å². The lowest BCUT2D eigenvalue weighted by Crippen LogP contribution is -1.97. The molecule has 2 heteroatoms. The van der Waals surface area contributed by atoms with E-state index in [1.807, 2.05) is 36.5 Å². The molecule has 0 spiro atoms. The van der Waals surface area contributed by atoms with Crippen LogP contribution in [0, 0.1) is 0 Å². The van der Waals surface area contributed by atoms with Crippen molar-refractivity contribution in [1.82, 2.24) is 0 Å². The molecule has 1 N–H and O–H groups in total. The monoisotopic (exact) mass is 410 g/mol. The minimum atomic E-state index is 0.966. The van der Waals surface area contributed by atoms with Crippen LogP contribution in [0.1, 0.15) is 16.7 Å². The standard InChI is InChI=1S/C30H22N2/c1-2-11-23(12-3-1)32-31-20-30-24-13-6-4-9-21(24)17-18-28(30)27-16-8-15-26-25-14-7-5-10-22(25)19-29(26)27/h1-18,20,32H,19H2. The highest BCUT2D eigenvalue weighted by molar-refractivity contribution is 6.07. The zero-order valence-corrected chi connectivity index (χ0v) is 17.6. The van der Waals surface area contributed by atoms with Gasteiger partial charge < -0.3 is 0 Å². The van der Waals surface area contributed by atoms with Crippen molar-refractivity contribution in [3.8, 4) is 22.3 Å². The van der Waals surface area contributed by atoms with Crippen molar-refractivity contribution in [3.63, 3.8) is 0 Å². The molecule has 1 aliphatic rings. The summed E-state index contributed by atoms with van der Waals surface area (Å²) >= 11 is 0.